The van der Waals surface area contributed by atoms with Gasteiger partial charge in [-0.15, -0.1) is 0 Å². The predicted molar refractivity (Wildman–Crippen MR) is 70.7 cm³/mol. The lowest BCUT2D eigenvalue weighted by molar-refractivity contribution is -0.142. The number of carbonyl (C=O) groups is 1. The largest absolute Gasteiger partial charge is 0.496 e. The first-order chi connectivity index (χ1) is 8.13. The number of carbonyl (C=O) groups excluding carboxylic acids is 1. The van der Waals surface area contributed by atoms with Crippen LogP contribution in [-0.4, -0.2) is 19.7 Å². The van der Waals surface area contributed by atoms with E-state index in [0.29, 0.717) is 12.4 Å². The molecule has 0 saturated heterocycles. The zero-order chi connectivity index (χ0) is 12.8. The van der Waals surface area contributed by atoms with Crippen molar-refractivity contribution in [1.82, 2.24) is 0 Å². The summed E-state index contributed by atoms with van der Waals surface area (Å²) in [6.45, 7) is 4.23. The number of alkyl halides is 1. The molecule has 1 unspecified atom stereocenters. The molecular weight excluding hydrogens is 284 g/mol. The van der Waals surface area contributed by atoms with Gasteiger partial charge in [-0.3, -0.25) is 4.79 Å². The molecule has 17 heavy (non-hydrogen) atoms. The summed E-state index contributed by atoms with van der Waals surface area (Å²) >= 11 is 3.35. The van der Waals surface area contributed by atoms with Gasteiger partial charge in [0.25, 0.3) is 0 Å². The Kier molecular flexibility index (Phi) is 5.48. The van der Waals surface area contributed by atoms with Crippen molar-refractivity contribution in [2.75, 3.05) is 13.7 Å². The van der Waals surface area contributed by atoms with Crippen LogP contribution in [0.4, 0.5) is 0 Å². The Bertz CT molecular complexity index is 390. The van der Waals surface area contributed by atoms with Crippen molar-refractivity contribution < 1.29 is 14.3 Å². The van der Waals surface area contributed by atoms with Gasteiger partial charge in [0.2, 0.25) is 0 Å². The van der Waals surface area contributed by atoms with Gasteiger partial charge in [0.1, 0.15) is 10.6 Å². The van der Waals surface area contributed by atoms with Crippen molar-refractivity contribution in [2.45, 2.75) is 25.1 Å². The first-order valence-corrected chi connectivity index (χ1v) is 6.53. The van der Waals surface area contributed by atoms with Crippen molar-refractivity contribution in [3.8, 4) is 5.75 Å². The third-order valence-corrected chi connectivity index (χ3v) is 3.34. The molecule has 0 aliphatic heterocycles. The normalized spacial score (nSPS) is 12.0. The first-order valence-electron chi connectivity index (χ1n) is 5.61. The molecule has 0 heterocycles. The van der Waals surface area contributed by atoms with Crippen LogP contribution in [0.15, 0.2) is 18.2 Å². The van der Waals surface area contributed by atoms with E-state index in [0.717, 1.165) is 17.5 Å². The lowest BCUT2D eigenvalue weighted by atomic mass is 10.1. The highest BCUT2D eigenvalue weighted by Crippen LogP contribution is 2.33. The average Bonchev–Trinajstić information content (AvgIpc) is 2.37. The Morgan fingerprint density at radius 1 is 1.41 bits per heavy atom. The van der Waals surface area contributed by atoms with E-state index in [1.807, 2.05) is 18.2 Å². The number of esters is 1. The maximum Gasteiger partial charge on any atom is 0.324 e. The van der Waals surface area contributed by atoms with Gasteiger partial charge in [0.05, 0.1) is 13.7 Å². The van der Waals surface area contributed by atoms with Crippen molar-refractivity contribution in [3.63, 3.8) is 0 Å². The number of hydrogen-bond donors (Lipinski definition) is 0. The molecule has 0 spiro atoms. The first kappa shape index (κ1) is 14.0. The van der Waals surface area contributed by atoms with E-state index in [1.165, 1.54) is 0 Å². The molecule has 0 radical (unpaired) electrons. The molecule has 1 rings (SSSR count). The Hall–Kier alpha value is -1.03. The summed E-state index contributed by atoms with van der Waals surface area (Å²) in [5.41, 5.74) is 1.97. The summed E-state index contributed by atoms with van der Waals surface area (Å²) in [4.78, 5) is 11.2. The standard InChI is InChI=1S/C13H17BrO3/c1-4-9-6-7-11(16-3)10(8-9)12(14)13(15)17-5-2/h6-8,12H,4-5H2,1-3H3. The summed E-state index contributed by atoms with van der Waals surface area (Å²) in [6.07, 6.45) is 0.916. The average molecular weight is 301 g/mol. The SMILES string of the molecule is CCOC(=O)C(Br)c1cc(CC)ccc1OC. The van der Waals surface area contributed by atoms with Gasteiger partial charge >= 0.3 is 5.97 Å². The summed E-state index contributed by atoms with van der Waals surface area (Å²) in [5.74, 6) is 0.399. The van der Waals surface area contributed by atoms with Crippen LogP contribution in [0.5, 0.6) is 5.75 Å². The molecule has 3 nitrogen and oxygen atoms in total. The van der Waals surface area contributed by atoms with Gasteiger partial charge in [-0.05, 0) is 25.0 Å². The second-order valence-electron chi connectivity index (χ2n) is 3.54. The van der Waals surface area contributed by atoms with E-state index in [2.05, 4.69) is 22.9 Å². The predicted octanol–water partition coefficient (Wildman–Crippen LogP) is 3.26. The fraction of sp³-hybridized carbons (Fsp3) is 0.462. The molecule has 0 amide bonds. The quantitative estimate of drug-likeness (QED) is 0.618. The third kappa shape index (κ3) is 3.46. The molecular formula is C13H17BrO3. The molecule has 0 fully saturated rings. The highest BCUT2D eigenvalue weighted by Gasteiger charge is 2.22. The lowest BCUT2D eigenvalue weighted by Crippen LogP contribution is -2.12. The van der Waals surface area contributed by atoms with E-state index in [1.54, 1.807) is 14.0 Å². The maximum atomic E-state index is 11.7. The number of rotatable bonds is 5. The number of methoxy groups -OCH3 is 1. The molecule has 0 N–H and O–H groups in total. The minimum atomic E-state index is -0.483. The number of halogens is 1. The van der Waals surface area contributed by atoms with Crippen LogP contribution in [-0.2, 0) is 16.0 Å². The zero-order valence-electron chi connectivity index (χ0n) is 10.3. The van der Waals surface area contributed by atoms with E-state index in [-0.39, 0.29) is 5.97 Å². The van der Waals surface area contributed by atoms with E-state index >= 15 is 0 Å². The van der Waals surface area contributed by atoms with E-state index in [4.69, 9.17) is 9.47 Å². The molecule has 0 aromatic heterocycles. The number of benzene rings is 1. The summed E-state index contributed by atoms with van der Waals surface area (Å²) < 4.78 is 10.2. The Morgan fingerprint density at radius 3 is 2.65 bits per heavy atom. The Balaban J connectivity index is 3.04. The summed E-state index contributed by atoms with van der Waals surface area (Å²) in [6, 6.07) is 5.84. The van der Waals surface area contributed by atoms with Crippen molar-refractivity contribution in [2.24, 2.45) is 0 Å². The molecule has 94 valence electrons. The summed E-state index contributed by atoms with van der Waals surface area (Å²) in [5, 5.41) is 0. The van der Waals surface area contributed by atoms with Crippen molar-refractivity contribution in [1.29, 1.82) is 0 Å². The fourth-order valence-corrected chi connectivity index (χ4v) is 2.03. The van der Waals surface area contributed by atoms with Crippen LogP contribution in [0, 0.1) is 0 Å². The van der Waals surface area contributed by atoms with Gasteiger partial charge in [0, 0.05) is 5.56 Å². The molecule has 0 bridgehead atoms. The van der Waals surface area contributed by atoms with Crippen LogP contribution in [0.25, 0.3) is 0 Å². The highest BCUT2D eigenvalue weighted by atomic mass is 79.9. The molecule has 0 aliphatic rings. The van der Waals surface area contributed by atoms with Crippen LogP contribution in [0.1, 0.15) is 29.8 Å². The van der Waals surface area contributed by atoms with Gasteiger partial charge in [0.15, 0.2) is 0 Å². The number of aryl methyl sites for hydroxylation is 1. The molecule has 1 atom stereocenters. The van der Waals surface area contributed by atoms with E-state index < -0.39 is 4.83 Å². The minimum absolute atomic E-state index is 0.293. The summed E-state index contributed by atoms with van der Waals surface area (Å²) in [7, 11) is 1.59. The number of hydrogen-bond acceptors (Lipinski definition) is 3. The molecule has 1 aromatic carbocycles. The van der Waals surface area contributed by atoms with Crippen LogP contribution < -0.4 is 4.74 Å². The number of ether oxygens (including phenoxy) is 2. The van der Waals surface area contributed by atoms with Crippen LogP contribution in [0.2, 0.25) is 0 Å². The third-order valence-electron chi connectivity index (χ3n) is 2.47. The fourth-order valence-electron chi connectivity index (χ4n) is 1.54. The van der Waals surface area contributed by atoms with E-state index in [9.17, 15) is 4.79 Å². The van der Waals surface area contributed by atoms with Gasteiger partial charge < -0.3 is 9.47 Å². The van der Waals surface area contributed by atoms with Crippen LogP contribution >= 0.6 is 15.9 Å². The van der Waals surface area contributed by atoms with Crippen molar-refractivity contribution in [3.05, 3.63) is 29.3 Å². The molecule has 0 aliphatic carbocycles. The maximum absolute atomic E-state index is 11.7. The van der Waals surface area contributed by atoms with Crippen molar-refractivity contribution >= 4 is 21.9 Å². The molecule has 4 heteroatoms. The van der Waals surface area contributed by atoms with Gasteiger partial charge in [-0.25, -0.2) is 0 Å². The molecule has 0 saturated carbocycles. The Labute approximate surface area is 110 Å². The molecule has 1 aromatic rings. The smallest absolute Gasteiger partial charge is 0.324 e. The monoisotopic (exact) mass is 300 g/mol. The zero-order valence-corrected chi connectivity index (χ0v) is 11.9. The van der Waals surface area contributed by atoms with Gasteiger partial charge in [-0.2, -0.15) is 0 Å². The second-order valence-corrected chi connectivity index (χ2v) is 4.46. The topological polar surface area (TPSA) is 35.5 Å². The second kappa shape index (κ2) is 6.64. The minimum Gasteiger partial charge on any atom is -0.496 e. The Morgan fingerprint density at radius 2 is 2.12 bits per heavy atom. The highest BCUT2D eigenvalue weighted by molar-refractivity contribution is 9.09. The van der Waals surface area contributed by atoms with Gasteiger partial charge in [-0.1, -0.05) is 35.0 Å². The van der Waals surface area contributed by atoms with Crippen LogP contribution in [0.3, 0.4) is 0 Å². The lowest BCUT2D eigenvalue weighted by Gasteiger charge is -2.14.